The molecule has 0 radical (unpaired) electrons. The van der Waals surface area contributed by atoms with E-state index in [-0.39, 0.29) is 16.9 Å². The Morgan fingerprint density at radius 2 is 2.00 bits per heavy atom. The molecule has 1 aliphatic heterocycles. The summed E-state index contributed by atoms with van der Waals surface area (Å²) < 4.78 is 0. The van der Waals surface area contributed by atoms with Crippen LogP contribution in [0.3, 0.4) is 0 Å². The summed E-state index contributed by atoms with van der Waals surface area (Å²) in [4.78, 5) is 22.9. The van der Waals surface area contributed by atoms with Crippen LogP contribution in [0.25, 0.3) is 0 Å². The van der Waals surface area contributed by atoms with Gasteiger partial charge in [0, 0.05) is 35.5 Å². The Morgan fingerprint density at radius 1 is 1.35 bits per heavy atom. The number of rotatable bonds is 3. The zero-order chi connectivity index (χ0) is 16.7. The molecule has 5 heteroatoms. The number of aromatic nitrogens is 2. The summed E-state index contributed by atoms with van der Waals surface area (Å²) in [7, 11) is 0. The Labute approximate surface area is 138 Å². The van der Waals surface area contributed by atoms with Gasteiger partial charge in [-0.3, -0.25) is 9.69 Å². The molecule has 5 nitrogen and oxygen atoms in total. The molecule has 2 heterocycles. The van der Waals surface area contributed by atoms with E-state index in [0.29, 0.717) is 0 Å². The summed E-state index contributed by atoms with van der Waals surface area (Å²) in [5, 5.41) is 9.33. The predicted molar refractivity (Wildman–Crippen MR) is 88.1 cm³/mol. The van der Waals surface area contributed by atoms with Crippen molar-refractivity contribution in [3.63, 3.8) is 0 Å². The first-order valence-corrected chi connectivity index (χ1v) is 8.59. The van der Waals surface area contributed by atoms with Crippen LogP contribution >= 0.6 is 0 Å². The van der Waals surface area contributed by atoms with Crippen molar-refractivity contribution in [3.8, 4) is 0 Å². The third-order valence-corrected chi connectivity index (χ3v) is 5.43. The van der Waals surface area contributed by atoms with Crippen molar-refractivity contribution in [2.24, 2.45) is 5.92 Å². The smallest absolute Gasteiger partial charge is 0.306 e. The van der Waals surface area contributed by atoms with E-state index in [2.05, 4.69) is 35.6 Å². The van der Waals surface area contributed by atoms with E-state index in [1.54, 1.807) is 0 Å². The highest BCUT2D eigenvalue weighted by Crippen LogP contribution is 2.46. The van der Waals surface area contributed by atoms with E-state index < -0.39 is 5.97 Å². The zero-order valence-electron chi connectivity index (χ0n) is 14.4. The fourth-order valence-corrected chi connectivity index (χ4v) is 3.85. The average molecular weight is 317 g/mol. The highest BCUT2D eigenvalue weighted by molar-refractivity contribution is 5.70. The Morgan fingerprint density at radius 3 is 2.48 bits per heavy atom. The van der Waals surface area contributed by atoms with Crippen molar-refractivity contribution in [2.45, 2.75) is 70.4 Å². The molecule has 23 heavy (non-hydrogen) atoms. The van der Waals surface area contributed by atoms with Gasteiger partial charge in [0.05, 0.1) is 5.92 Å². The second-order valence-corrected chi connectivity index (χ2v) is 8.19. The lowest BCUT2D eigenvalue weighted by Gasteiger charge is -2.54. The van der Waals surface area contributed by atoms with Crippen LogP contribution in [0.2, 0.25) is 0 Å². The first-order valence-electron chi connectivity index (χ1n) is 8.59. The van der Waals surface area contributed by atoms with Gasteiger partial charge in [-0.15, -0.1) is 0 Å². The van der Waals surface area contributed by atoms with Crippen molar-refractivity contribution >= 4 is 5.97 Å². The number of carboxylic acid groups (broad SMARTS) is 1. The number of hydrogen-bond acceptors (Lipinski definition) is 4. The second kappa shape index (κ2) is 5.86. The summed E-state index contributed by atoms with van der Waals surface area (Å²) in [5.74, 6) is 0.0593. The highest BCUT2D eigenvalue weighted by Gasteiger charge is 2.47. The van der Waals surface area contributed by atoms with Crippen molar-refractivity contribution in [2.75, 3.05) is 6.54 Å². The molecule has 2 fully saturated rings. The van der Waals surface area contributed by atoms with E-state index in [4.69, 9.17) is 0 Å². The first kappa shape index (κ1) is 16.4. The molecule has 126 valence electrons. The number of carboxylic acids is 1. The maximum absolute atomic E-state index is 11.3. The van der Waals surface area contributed by atoms with Crippen LogP contribution in [0.15, 0.2) is 12.4 Å². The number of hydrogen-bond donors (Lipinski definition) is 1. The summed E-state index contributed by atoms with van der Waals surface area (Å²) in [6.07, 6.45) is 8.87. The number of aliphatic carboxylic acids is 1. The average Bonchev–Trinajstić information content (AvgIpc) is 2.45. The number of nitrogens with zero attached hydrogens (tertiary/aromatic N) is 3. The van der Waals surface area contributed by atoms with Crippen molar-refractivity contribution in [1.82, 2.24) is 14.9 Å². The minimum atomic E-state index is -0.631. The minimum Gasteiger partial charge on any atom is -0.481 e. The van der Waals surface area contributed by atoms with Gasteiger partial charge < -0.3 is 5.11 Å². The second-order valence-electron chi connectivity index (χ2n) is 8.19. The zero-order valence-corrected chi connectivity index (χ0v) is 14.4. The molecular formula is C18H27N3O2. The van der Waals surface area contributed by atoms with Crippen LogP contribution in [0.4, 0.5) is 0 Å². The molecule has 2 aliphatic rings. The third-order valence-electron chi connectivity index (χ3n) is 5.43. The van der Waals surface area contributed by atoms with Crippen LogP contribution in [-0.2, 0) is 16.8 Å². The lowest BCUT2D eigenvalue weighted by atomic mass is 9.67. The summed E-state index contributed by atoms with van der Waals surface area (Å²) in [5.41, 5.74) is 1.19. The van der Waals surface area contributed by atoms with Crippen molar-refractivity contribution < 1.29 is 9.90 Å². The van der Waals surface area contributed by atoms with Crippen LogP contribution in [0, 0.1) is 5.92 Å². The molecular weight excluding hydrogens is 290 g/mol. The van der Waals surface area contributed by atoms with Crippen molar-refractivity contribution in [1.29, 1.82) is 0 Å². The summed E-state index contributed by atoms with van der Waals surface area (Å²) in [6, 6.07) is 0. The molecule has 0 aromatic carbocycles. The van der Waals surface area contributed by atoms with Gasteiger partial charge >= 0.3 is 5.97 Å². The van der Waals surface area contributed by atoms with E-state index in [9.17, 15) is 9.90 Å². The molecule has 1 spiro atoms. The van der Waals surface area contributed by atoms with E-state index in [0.717, 1.165) is 50.2 Å². The normalized spacial score (nSPS) is 24.4. The van der Waals surface area contributed by atoms with Gasteiger partial charge in [0.1, 0.15) is 5.82 Å². The lowest BCUT2D eigenvalue weighted by molar-refractivity contribution is -0.148. The van der Waals surface area contributed by atoms with E-state index in [1.165, 1.54) is 6.42 Å². The number of likely N-dealkylation sites (tertiary alicyclic amines) is 1. The topological polar surface area (TPSA) is 66.3 Å². The molecule has 1 saturated carbocycles. The van der Waals surface area contributed by atoms with Crippen LogP contribution in [-0.4, -0.2) is 38.0 Å². The maximum Gasteiger partial charge on any atom is 0.306 e. The molecule has 1 unspecified atom stereocenters. The Balaban J connectivity index is 1.71. The molecule has 1 aromatic rings. The first-order chi connectivity index (χ1) is 10.8. The van der Waals surface area contributed by atoms with E-state index in [1.807, 2.05) is 12.4 Å². The Kier molecular flexibility index (Phi) is 4.17. The van der Waals surface area contributed by atoms with Gasteiger partial charge in [-0.05, 0) is 38.6 Å². The molecule has 1 N–H and O–H groups in total. The Hall–Kier alpha value is -1.49. The fraction of sp³-hybridized carbons (Fsp3) is 0.722. The van der Waals surface area contributed by atoms with E-state index >= 15 is 0 Å². The molecule has 1 aliphatic carbocycles. The quantitative estimate of drug-likeness (QED) is 0.928. The number of piperidine rings is 1. The van der Waals surface area contributed by atoms with Gasteiger partial charge in [-0.2, -0.15) is 0 Å². The molecule has 0 amide bonds. The fourth-order valence-electron chi connectivity index (χ4n) is 3.85. The third kappa shape index (κ3) is 3.25. The Bertz CT molecular complexity index is 573. The maximum atomic E-state index is 11.3. The molecule has 3 rings (SSSR count). The van der Waals surface area contributed by atoms with Crippen LogP contribution in [0.5, 0.6) is 0 Å². The van der Waals surface area contributed by atoms with Gasteiger partial charge in [0.2, 0.25) is 0 Å². The highest BCUT2D eigenvalue weighted by atomic mass is 16.4. The van der Waals surface area contributed by atoms with Gasteiger partial charge in [0.25, 0.3) is 0 Å². The molecule has 1 saturated heterocycles. The molecule has 1 aromatic heterocycles. The van der Waals surface area contributed by atoms with Crippen molar-refractivity contribution in [3.05, 3.63) is 23.8 Å². The minimum absolute atomic E-state index is 0.0342. The monoisotopic (exact) mass is 317 g/mol. The summed E-state index contributed by atoms with van der Waals surface area (Å²) >= 11 is 0. The largest absolute Gasteiger partial charge is 0.481 e. The van der Waals surface area contributed by atoms with Gasteiger partial charge in [-0.25, -0.2) is 9.97 Å². The van der Waals surface area contributed by atoms with Gasteiger partial charge in [-0.1, -0.05) is 20.8 Å². The SMILES string of the molecule is CC(C)(C)c1ncc(CN2CCC(C(=O)O)CC23CCC3)cn1. The predicted octanol–water partition coefficient (Wildman–Crippen LogP) is 2.99. The molecule has 0 bridgehead atoms. The number of carbonyl (C=O) groups is 1. The summed E-state index contributed by atoms with van der Waals surface area (Å²) in [6.45, 7) is 8.03. The molecule has 1 atom stereocenters. The van der Waals surface area contributed by atoms with Crippen LogP contribution in [0.1, 0.15) is 64.3 Å². The van der Waals surface area contributed by atoms with Gasteiger partial charge in [0.15, 0.2) is 0 Å². The lowest BCUT2D eigenvalue weighted by Crippen LogP contribution is -2.58. The standard InChI is InChI=1S/C18H27N3O2/c1-17(2,3)16-19-10-13(11-20-16)12-21-8-5-14(15(22)23)9-18(21)6-4-7-18/h10-11,14H,4-9,12H2,1-3H3,(H,22,23). The van der Waals surface area contributed by atoms with Crippen LogP contribution < -0.4 is 0 Å².